The maximum atomic E-state index is 12.4. The second-order valence-corrected chi connectivity index (χ2v) is 4.13. The van der Waals surface area contributed by atoms with Crippen LogP contribution in [-0.4, -0.2) is 30.1 Å². The molecule has 106 valence electrons. The van der Waals surface area contributed by atoms with Crippen molar-refractivity contribution in [3.05, 3.63) is 29.3 Å². The normalized spacial score (nSPS) is 11.3. The number of halogens is 3. The van der Waals surface area contributed by atoms with Crippen molar-refractivity contribution in [3.8, 4) is 0 Å². The Morgan fingerprint density at radius 2 is 2.05 bits per heavy atom. The Bertz CT molecular complexity index is 460. The highest BCUT2D eigenvalue weighted by molar-refractivity contribution is 5.99. The van der Waals surface area contributed by atoms with Crippen molar-refractivity contribution in [1.29, 1.82) is 0 Å². The molecule has 1 rings (SSSR count). The Labute approximate surface area is 109 Å². The number of nitrogens with one attached hydrogen (secondary N) is 1. The van der Waals surface area contributed by atoms with Crippen LogP contribution in [0.5, 0.6) is 0 Å². The van der Waals surface area contributed by atoms with E-state index in [1.54, 1.807) is 19.1 Å². The first-order valence-electron chi connectivity index (χ1n) is 5.71. The Kier molecular flexibility index (Phi) is 4.77. The average molecular weight is 275 g/mol. The number of aryl methyl sites for hydroxylation is 1. The van der Waals surface area contributed by atoms with E-state index in [0.29, 0.717) is 5.69 Å². The molecule has 0 saturated carbocycles. The van der Waals surface area contributed by atoms with Gasteiger partial charge in [-0.1, -0.05) is 6.07 Å². The highest BCUT2D eigenvalue weighted by atomic mass is 19.4. The lowest BCUT2D eigenvalue weighted by atomic mass is 10.1. The topological polar surface area (TPSA) is 58.4 Å². The number of nitrogens with zero attached hydrogens (tertiary/aromatic N) is 1. The lowest BCUT2D eigenvalue weighted by Crippen LogP contribution is -2.39. The highest BCUT2D eigenvalue weighted by Crippen LogP contribution is 2.22. The highest BCUT2D eigenvalue weighted by Gasteiger charge is 2.33. The van der Waals surface area contributed by atoms with Gasteiger partial charge in [0.2, 0.25) is 0 Å². The van der Waals surface area contributed by atoms with Crippen molar-refractivity contribution in [2.75, 3.05) is 18.5 Å². The fourth-order valence-corrected chi connectivity index (χ4v) is 1.68. The van der Waals surface area contributed by atoms with Crippen LogP contribution in [0, 0.1) is 6.92 Å². The summed E-state index contributed by atoms with van der Waals surface area (Å²) >= 11 is 0. The van der Waals surface area contributed by atoms with Gasteiger partial charge in [0.05, 0.1) is 11.3 Å². The number of hydrogen-bond acceptors (Lipinski definition) is 3. The Morgan fingerprint density at radius 3 is 2.53 bits per heavy atom. The molecule has 0 radical (unpaired) electrons. The predicted molar refractivity (Wildman–Crippen MR) is 66.6 cm³/mol. The Hall–Kier alpha value is -1.76. The summed E-state index contributed by atoms with van der Waals surface area (Å²) in [6.45, 7) is 1.98. The molecule has 1 aromatic rings. The van der Waals surface area contributed by atoms with Crippen molar-refractivity contribution >= 4 is 11.6 Å². The molecular weight excluding hydrogens is 259 g/mol. The summed E-state index contributed by atoms with van der Waals surface area (Å²) in [5.41, 5.74) is 3.62. The minimum atomic E-state index is -4.42. The first-order chi connectivity index (χ1) is 8.78. The number of carbonyl (C=O) groups is 1. The molecule has 0 aliphatic heterocycles. The molecule has 7 heteroatoms. The average Bonchev–Trinajstić information content (AvgIpc) is 2.33. The number of nitrogens with two attached hydrogens (primary N) is 1. The predicted octanol–water partition coefficient (Wildman–Crippen LogP) is 2.31. The number of rotatable bonds is 4. The molecule has 0 fully saturated rings. The lowest BCUT2D eigenvalue weighted by molar-refractivity contribution is -0.140. The summed E-state index contributed by atoms with van der Waals surface area (Å²) in [5, 5.41) is 0. The molecule has 0 bridgehead atoms. The van der Waals surface area contributed by atoms with Crippen LogP contribution in [0.4, 0.5) is 18.9 Å². The van der Waals surface area contributed by atoms with Gasteiger partial charge in [-0.2, -0.15) is 13.2 Å². The fraction of sp³-hybridized carbons (Fsp3) is 0.417. The molecule has 0 unspecified atom stereocenters. The van der Waals surface area contributed by atoms with Crippen molar-refractivity contribution in [2.24, 2.45) is 5.84 Å². The molecule has 0 aliphatic rings. The first-order valence-corrected chi connectivity index (χ1v) is 5.71. The standard InChI is InChI=1S/C12H16F3N3O/c1-3-18(7-12(13,14)15)11(19)9-5-4-8(2)6-10(9)17-16/h4-6,17H,3,7,16H2,1-2H3. The molecule has 4 nitrogen and oxygen atoms in total. The van der Waals surface area contributed by atoms with Gasteiger partial charge in [-0.15, -0.1) is 0 Å². The molecule has 19 heavy (non-hydrogen) atoms. The fourth-order valence-electron chi connectivity index (χ4n) is 1.68. The van der Waals surface area contributed by atoms with Gasteiger partial charge in [0.25, 0.3) is 5.91 Å². The lowest BCUT2D eigenvalue weighted by Gasteiger charge is -2.23. The molecule has 0 spiro atoms. The van der Waals surface area contributed by atoms with E-state index in [9.17, 15) is 18.0 Å². The van der Waals surface area contributed by atoms with E-state index < -0.39 is 18.6 Å². The molecule has 0 heterocycles. The van der Waals surface area contributed by atoms with Gasteiger partial charge < -0.3 is 10.3 Å². The van der Waals surface area contributed by atoms with Crippen molar-refractivity contribution in [2.45, 2.75) is 20.0 Å². The van der Waals surface area contributed by atoms with Gasteiger partial charge >= 0.3 is 6.18 Å². The molecule has 0 aromatic heterocycles. The number of hydrogen-bond donors (Lipinski definition) is 2. The van der Waals surface area contributed by atoms with Crippen LogP contribution in [0.2, 0.25) is 0 Å². The van der Waals surface area contributed by atoms with Gasteiger partial charge in [0.1, 0.15) is 6.54 Å². The van der Waals surface area contributed by atoms with Crippen LogP contribution in [-0.2, 0) is 0 Å². The maximum Gasteiger partial charge on any atom is 0.406 e. The zero-order chi connectivity index (χ0) is 14.6. The van der Waals surface area contributed by atoms with Crippen molar-refractivity contribution in [1.82, 2.24) is 4.90 Å². The smallest absolute Gasteiger partial charge is 0.330 e. The van der Waals surface area contributed by atoms with Gasteiger partial charge in [0.15, 0.2) is 0 Å². The monoisotopic (exact) mass is 275 g/mol. The molecule has 0 atom stereocenters. The third-order valence-corrected chi connectivity index (χ3v) is 2.60. The first kappa shape index (κ1) is 15.3. The SMILES string of the molecule is CCN(CC(F)(F)F)C(=O)c1ccc(C)cc1NN. The van der Waals surface area contributed by atoms with E-state index in [-0.39, 0.29) is 12.1 Å². The summed E-state index contributed by atoms with van der Waals surface area (Å²) in [6, 6.07) is 4.72. The number of carbonyl (C=O) groups excluding carboxylic acids is 1. The largest absolute Gasteiger partial charge is 0.406 e. The van der Waals surface area contributed by atoms with E-state index in [1.807, 2.05) is 0 Å². The zero-order valence-corrected chi connectivity index (χ0v) is 10.7. The van der Waals surface area contributed by atoms with E-state index in [4.69, 9.17) is 5.84 Å². The van der Waals surface area contributed by atoms with Gasteiger partial charge in [0, 0.05) is 6.54 Å². The van der Waals surface area contributed by atoms with E-state index >= 15 is 0 Å². The molecule has 0 saturated heterocycles. The van der Waals surface area contributed by atoms with Crippen LogP contribution in [0.3, 0.4) is 0 Å². The molecule has 1 aromatic carbocycles. The Balaban J connectivity index is 3.04. The number of hydrazine groups is 1. The molecule has 3 N–H and O–H groups in total. The summed E-state index contributed by atoms with van der Waals surface area (Å²) in [5.74, 6) is 4.58. The maximum absolute atomic E-state index is 12.4. The van der Waals surface area contributed by atoms with Crippen LogP contribution in [0.1, 0.15) is 22.8 Å². The van der Waals surface area contributed by atoms with E-state index in [1.165, 1.54) is 13.0 Å². The quantitative estimate of drug-likeness (QED) is 0.655. The molecule has 0 aliphatic carbocycles. The van der Waals surface area contributed by atoms with Crippen LogP contribution in [0.25, 0.3) is 0 Å². The van der Waals surface area contributed by atoms with Crippen molar-refractivity contribution < 1.29 is 18.0 Å². The second kappa shape index (κ2) is 5.92. The van der Waals surface area contributed by atoms with E-state index in [0.717, 1.165) is 10.5 Å². The summed E-state index contributed by atoms with van der Waals surface area (Å²) in [7, 11) is 0. The summed E-state index contributed by atoms with van der Waals surface area (Å²) < 4.78 is 37.1. The number of amides is 1. The second-order valence-electron chi connectivity index (χ2n) is 4.13. The zero-order valence-electron chi connectivity index (χ0n) is 10.7. The Morgan fingerprint density at radius 1 is 1.42 bits per heavy atom. The van der Waals surface area contributed by atoms with E-state index in [2.05, 4.69) is 5.43 Å². The van der Waals surface area contributed by atoms with Gasteiger partial charge in [-0.3, -0.25) is 10.6 Å². The van der Waals surface area contributed by atoms with Crippen molar-refractivity contribution in [3.63, 3.8) is 0 Å². The third-order valence-electron chi connectivity index (χ3n) is 2.60. The van der Waals surface area contributed by atoms with Gasteiger partial charge in [-0.25, -0.2) is 0 Å². The summed E-state index contributed by atoms with van der Waals surface area (Å²) in [4.78, 5) is 12.8. The number of anilines is 1. The van der Waals surface area contributed by atoms with Crippen LogP contribution in [0.15, 0.2) is 18.2 Å². The molecular formula is C12H16F3N3O. The third kappa shape index (κ3) is 4.13. The van der Waals surface area contributed by atoms with Crippen LogP contribution >= 0.6 is 0 Å². The number of alkyl halides is 3. The van der Waals surface area contributed by atoms with Crippen LogP contribution < -0.4 is 11.3 Å². The number of benzene rings is 1. The minimum Gasteiger partial charge on any atom is -0.330 e. The summed E-state index contributed by atoms with van der Waals surface area (Å²) in [6.07, 6.45) is -4.42. The van der Waals surface area contributed by atoms with Gasteiger partial charge in [-0.05, 0) is 31.5 Å². The number of nitrogen functional groups attached to an aromatic ring is 1. The minimum absolute atomic E-state index is 0.0315. The molecule has 1 amide bonds.